The van der Waals surface area contributed by atoms with E-state index in [-0.39, 0.29) is 5.75 Å². The number of nitrogens with one attached hydrogen (secondary N) is 1. The van der Waals surface area contributed by atoms with Crippen LogP contribution in [0.4, 0.5) is 11.5 Å². The van der Waals surface area contributed by atoms with Gasteiger partial charge in [0.1, 0.15) is 12.1 Å². The number of anilines is 2. The van der Waals surface area contributed by atoms with Crippen LogP contribution in [-0.2, 0) is 15.8 Å². The van der Waals surface area contributed by atoms with Crippen LogP contribution in [0.5, 0.6) is 0 Å². The summed E-state index contributed by atoms with van der Waals surface area (Å²) < 4.78 is 23.5. The molecule has 3 rings (SSSR count). The van der Waals surface area contributed by atoms with Crippen molar-refractivity contribution in [3.05, 3.63) is 58.8 Å². The van der Waals surface area contributed by atoms with Gasteiger partial charge in [-0.1, -0.05) is 28.1 Å². The zero-order valence-corrected chi connectivity index (χ0v) is 14.3. The van der Waals surface area contributed by atoms with E-state index in [0.29, 0.717) is 11.4 Å². The van der Waals surface area contributed by atoms with Gasteiger partial charge in [-0.25, -0.2) is 23.5 Å². The summed E-state index contributed by atoms with van der Waals surface area (Å²) in [4.78, 5) is 8.45. The van der Waals surface area contributed by atoms with Crippen molar-refractivity contribution in [2.75, 3.05) is 5.32 Å². The fraction of sp³-hybridized carbons (Fsp3) is 0.0667. The highest BCUT2D eigenvalue weighted by atomic mass is 79.9. The van der Waals surface area contributed by atoms with Crippen molar-refractivity contribution in [3.63, 3.8) is 0 Å². The zero-order chi connectivity index (χ0) is 16.4. The molecule has 8 heteroatoms. The van der Waals surface area contributed by atoms with Gasteiger partial charge in [0.05, 0.1) is 11.3 Å². The molecule has 0 unspecified atom stereocenters. The fourth-order valence-corrected chi connectivity index (χ4v) is 3.27. The summed E-state index contributed by atoms with van der Waals surface area (Å²) in [7, 11) is -3.59. The topological polar surface area (TPSA) is 98.0 Å². The normalized spacial score (nSPS) is 11.6. The molecule has 0 spiro atoms. The van der Waals surface area contributed by atoms with Gasteiger partial charge in [-0.3, -0.25) is 0 Å². The van der Waals surface area contributed by atoms with Crippen molar-refractivity contribution in [1.82, 2.24) is 9.97 Å². The van der Waals surface area contributed by atoms with Gasteiger partial charge in [0.2, 0.25) is 10.0 Å². The number of halogens is 1. The Morgan fingerprint density at radius 3 is 2.70 bits per heavy atom. The van der Waals surface area contributed by atoms with Gasteiger partial charge in [0.25, 0.3) is 0 Å². The Morgan fingerprint density at radius 1 is 1.13 bits per heavy atom. The number of nitrogens with two attached hydrogens (primary N) is 1. The first-order valence-corrected chi connectivity index (χ1v) is 9.18. The van der Waals surface area contributed by atoms with Crippen LogP contribution in [0.2, 0.25) is 0 Å². The highest BCUT2D eigenvalue weighted by Gasteiger charge is 2.09. The lowest BCUT2D eigenvalue weighted by Crippen LogP contribution is -2.14. The molecule has 6 nitrogen and oxygen atoms in total. The first-order chi connectivity index (χ1) is 10.9. The van der Waals surface area contributed by atoms with Crippen LogP contribution < -0.4 is 10.5 Å². The highest BCUT2D eigenvalue weighted by Crippen LogP contribution is 2.25. The number of nitrogens with zero attached hydrogens (tertiary/aromatic N) is 2. The fourth-order valence-electron chi connectivity index (χ4n) is 2.23. The largest absolute Gasteiger partial charge is 0.340 e. The van der Waals surface area contributed by atoms with Crippen molar-refractivity contribution in [1.29, 1.82) is 0 Å². The molecule has 0 amide bonds. The smallest absolute Gasteiger partial charge is 0.213 e. The van der Waals surface area contributed by atoms with E-state index in [4.69, 9.17) is 5.14 Å². The quantitative estimate of drug-likeness (QED) is 0.710. The number of hydrogen-bond acceptors (Lipinski definition) is 5. The van der Waals surface area contributed by atoms with E-state index in [2.05, 4.69) is 31.2 Å². The summed E-state index contributed by atoms with van der Waals surface area (Å²) in [5.41, 5.74) is 2.17. The molecule has 1 aromatic heterocycles. The molecule has 3 aromatic rings. The van der Waals surface area contributed by atoms with Crippen LogP contribution in [0.15, 0.2) is 53.3 Å². The van der Waals surface area contributed by atoms with E-state index in [1.54, 1.807) is 18.2 Å². The van der Waals surface area contributed by atoms with Crippen LogP contribution in [-0.4, -0.2) is 18.4 Å². The van der Waals surface area contributed by atoms with E-state index in [9.17, 15) is 8.42 Å². The lowest BCUT2D eigenvalue weighted by molar-refractivity contribution is 0.597. The molecule has 0 aliphatic carbocycles. The second kappa shape index (κ2) is 6.23. The second-order valence-electron chi connectivity index (χ2n) is 5.02. The molecular formula is C15H13BrN4O2S. The third kappa shape index (κ3) is 4.04. The van der Waals surface area contributed by atoms with E-state index in [1.165, 1.54) is 6.33 Å². The summed E-state index contributed by atoms with van der Waals surface area (Å²) in [6, 6.07) is 12.8. The van der Waals surface area contributed by atoms with Crippen LogP contribution in [0, 0.1) is 0 Å². The lowest BCUT2D eigenvalue weighted by Gasteiger charge is -2.10. The monoisotopic (exact) mass is 392 g/mol. The summed E-state index contributed by atoms with van der Waals surface area (Å²) in [6.07, 6.45) is 1.46. The predicted octanol–water partition coefficient (Wildman–Crippen LogP) is 2.92. The summed E-state index contributed by atoms with van der Waals surface area (Å²) in [6.45, 7) is 0. The van der Waals surface area contributed by atoms with Crippen molar-refractivity contribution in [2.24, 2.45) is 5.14 Å². The molecular weight excluding hydrogens is 380 g/mol. The molecule has 3 N–H and O–H groups in total. The lowest BCUT2D eigenvalue weighted by atomic mass is 10.1. The van der Waals surface area contributed by atoms with Gasteiger partial charge in [0.15, 0.2) is 0 Å². The van der Waals surface area contributed by atoms with Crippen LogP contribution >= 0.6 is 15.9 Å². The molecule has 0 fully saturated rings. The number of benzene rings is 2. The minimum absolute atomic E-state index is 0.228. The number of fused-ring (bicyclic) bond motifs is 1. The first kappa shape index (κ1) is 15.9. The van der Waals surface area contributed by atoms with Gasteiger partial charge in [-0.15, -0.1) is 0 Å². The maximum atomic E-state index is 11.3. The third-order valence-corrected chi connectivity index (χ3v) is 4.38. The van der Waals surface area contributed by atoms with Crippen molar-refractivity contribution < 1.29 is 8.42 Å². The van der Waals surface area contributed by atoms with Crippen LogP contribution in [0.1, 0.15) is 5.56 Å². The zero-order valence-electron chi connectivity index (χ0n) is 11.9. The predicted molar refractivity (Wildman–Crippen MR) is 93.8 cm³/mol. The third-order valence-electron chi connectivity index (χ3n) is 3.15. The maximum Gasteiger partial charge on any atom is 0.213 e. The SMILES string of the molecule is NS(=O)(=O)Cc1ccc2ncnc(Nc3cccc(Br)c3)c2c1. The summed E-state index contributed by atoms with van der Waals surface area (Å²) in [5, 5.41) is 9.06. The average Bonchev–Trinajstić information content (AvgIpc) is 2.46. The number of primary sulfonamides is 1. The molecule has 0 radical (unpaired) electrons. The average molecular weight is 393 g/mol. The van der Waals surface area contributed by atoms with Crippen LogP contribution in [0.3, 0.4) is 0 Å². The van der Waals surface area contributed by atoms with Crippen LogP contribution in [0.25, 0.3) is 10.9 Å². The van der Waals surface area contributed by atoms with E-state index < -0.39 is 10.0 Å². The summed E-state index contributed by atoms with van der Waals surface area (Å²) in [5.74, 6) is 0.373. The van der Waals surface area contributed by atoms with Crippen molar-refractivity contribution in [3.8, 4) is 0 Å². The molecule has 0 aliphatic heterocycles. The Hall–Kier alpha value is -2.03. The molecule has 118 valence electrons. The Bertz CT molecular complexity index is 976. The summed E-state index contributed by atoms with van der Waals surface area (Å²) >= 11 is 3.42. The van der Waals surface area contributed by atoms with Gasteiger partial charge in [-0.05, 0) is 35.9 Å². The second-order valence-corrected chi connectivity index (χ2v) is 7.55. The Balaban J connectivity index is 2.04. The van der Waals surface area contributed by atoms with E-state index in [0.717, 1.165) is 21.1 Å². The molecule has 0 aliphatic rings. The van der Waals surface area contributed by atoms with Gasteiger partial charge < -0.3 is 5.32 Å². The number of hydrogen-bond donors (Lipinski definition) is 2. The van der Waals surface area contributed by atoms with Gasteiger partial charge >= 0.3 is 0 Å². The minimum Gasteiger partial charge on any atom is -0.340 e. The van der Waals surface area contributed by atoms with E-state index >= 15 is 0 Å². The minimum atomic E-state index is -3.59. The molecule has 0 saturated heterocycles. The molecule has 23 heavy (non-hydrogen) atoms. The number of aromatic nitrogens is 2. The van der Waals surface area contributed by atoms with Crippen molar-refractivity contribution >= 4 is 48.4 Å². The molecule has 1 heterocycles. The standard InChI is InChI=1S/C15H13BrN4O2S/c16-11-2-1-3-12(7-11)20-15-13-6-10(8-23(17,21)22)4-5-14(13)18-9-19-15/h1-7,9H,8H2,(H2,17,21,22)(H,18,19,20). The molecule has 2 aromatic carbocycles. The van der Waals surface area contributed by atoms with Gasteiger partial charge in [-0.2, -0.15) is 0 Å². The number of rotatable bonds is 4. The van der Waals surface area contributed by atoms with Crippen molar-refractivity contribution in [2.45, 2.75) is 5.75 Å². The van der Waals surface area contributed by atoms with E-state index in [1.807, 2.05) is 24.3 Å². The Kier molecular flexibility index (Phi) is 4.29. The Morgan fingerprint density at radius 2 is 1.96 bits per heavy atom. The Labute approximate surface area is 141 Å². The maximum absolute atomic E-state index is 11.3. The molecule has 0 bridgehead atoms. The van der Waals surface area contributed by atoms with Gasteiger partial charge in [0, 0.05) is 15.5 Å². The highest BCUT2D eigenvalue weighted by molar-refractivity contribution is 9.10. The first-order valence-electron chi connectivity index (χ1n) is 6.67. The molecule has 0 atom stereocenters. The molecule has 0 saturated carbocycles. The number of sulfonamides is 1.